The van der Waals surface area contributed by atoms with Gasteiger partial charge >= 0.3 is 0 Å². The van der Waals surface area contributed by atoms with E-state index in [-0.39, 0.29) is 5.91 Å². The SMILES string of the molecule is CN(C)CCCNC(=O)c1cccc(N2CCc3ccccc32)n1. The highest BCUT2D eigenvalue weighted by atomic mass is 16.1. The molecule has 0 radical (unpaired) electrons. The first-order chi connectivity index (χ1) is 11.6. The van der Waals surface area contributed by atoms with Crippen LogP contribution in [0.5, 0.6) is 0 Å². The number of amides is 1. The number of nitrogens with one attached hydrogen (secondary N) is 1. The third-order valence-electron chi connectivity index (χ3n) is 4.20. The zero-order valence-electron chi connectivity index (χ0n) is 14.3. The quantitative estimate of drug-likeness (QED) is 0.829. The molecule has 5 nitrogen and oxygen atoms in total. The summed E-state index contributed by atoms with van der Waals surface area (Å²) in [5, 5.41) is 2.94. The van der Waals surface area contributed by atoms with Crippen molar-refractivity contribution < 1.29 is 4.79 Å². The highest BCUT2D eigenvalue weighted by Crippen LogP contribution is 2.33. The summed E-state index contributed by atoms with van der Waals surface area (Å²) in [5.41, 5.74) is 2.99. The van der Waals surface area contributed by atoms with Gasteiger partial charge in [0.15, 0.2) is 0 Å². The van der Waals surface area contributed by atoms with Crippen LogP contribution in [-0.4, -0.2) is 49.5 Å². The lowest BCUT2D eigenvalue weighted by Crippen LogP contribution is -2.28. The normalized spacial score (nSPS) is 13.2. The fourth-order valence-electron chi connectivity index (χ4n) is 2.96. The van der Waals surface area contributed by atoms with Gasteiger partial charge in [0.05, 0.1) is 0 Å². The first kappa shape index (κ1) is 16.5. The molecule has 24 heavy (non-hydrogen) atoms. The molecule has 2 aromatic rings. The maximum atomic E-state index is 12.3. The standard InChI is InChI=1S/C19H24N4O/c1-22(2)13-6-12-20-19(24)16-8-5-10-18(21-16)23-14-11-15-7-3-4-9-17(15)23/h3-5,7-10H,6,11-14H2,1-2H3,(H,20,24). The van der Waals surface area contributed by atoms with E-state index in [0.29, 0.717) is 12.2 Å². The molecule has 2 heterocycles. The lowest BCUT2D eigenvalue weighted by Gasteiger charge is -2.19. The minimum absolute atomic E-state index is 0.108. The number of fused-ring (bicyclic) bond motifs is 1. The fraction of sp³-hybridized carbons (Fsp3) is 0.368. The van der Waals surface area contributed by atoms with Crippen molar-refractivity contribution in [2.75, 3.05) is 38.6 Å². The summed E-state index contributed by atoms with van der Waals surface area (Å²) in [7, 11) is 4.06. The minimum Gasteiger partial charge on any atom is -0.351 e. The summed E-state index contributed by atoms with van der Waals surface area (Å²) in [6.07, 6.45) is 1.94. The number of rotatable bonds is 6. The molecular weight excluding hydrogens is 300 g/mol. The predicted molar refractivity (Wildman–Crippen MR) is 96.9 cm³/mol. The molecule has 1 aromatic heterocycles. The third kappa shape index (κ3) is 3.74. The van der Waals surface area contributed by atoms with E-state index in [1.807, 2.05) is 32.3 Å². The largest absolute Gasteiger partial charge is 0.351 e. The van der Waals surface area contributed by atoms with Crippen LogP contribution in [0.3, 0.4) is 0 Å². The van der Waals surface area contributed by atoms with Gasteiger partial charge < -0.3 is 15.1 Å². The number of pyridine rings is 1. The second-order valence-electron chi connectivity index (χ2n) is 6.32. The molecule has 0 saturated heterocycles. The Balaban J connectivity index is 1.68. The van der Waals surface area contributed by atoms with E-state index < -0.39 is 0 Å². The molecule has 5 heteroatoms. The van der Waals surface area contributed by atoms with Crippen LogP contribution in [0.1, 0.15) is 22.5 Å². The molecule has 1 N–H and O–H groups in total. The molecule has 0 saturated carbocycles. The van der Waals surface area contributed by atoms with Crippen molar-refractivity contribution >= 4 is 17.4 Å². The maximum absolute atomic E-state index is 12.3. The van der Waals surface area contributed by atoms with Gasteiger partial charge in [0.2, 0.25) is 0 Å². The molecule has 1 aliphatic heterocycles. The van der Waals surface area contributed by atoms with Crippen molar-refractivity contribution in [2.45, 2.75) is 12.8 Å². The first-order valence-corrected chi connectivity index (χ1v) is 8.40. The van der Waals surface area contributed by atoms with Gasteiger partial charge in [-0.2, -0.15) is 0 Å². The summed E-state index contributed by atoms with van der Waals surface area (Å²) >= 11 is 0. The minimum atomic E-state index is -0.108. The summed E-state index contributed by atoms with van der Waals surface area (Å²) in [6, 6.07) is 14.0. The number of anilines is 2. The average Bonchev–Trinajstić information content (AvgIpc) is 3.02. The zero-order valence-corrected chi connectivity index (χ0v) is 14.3. The number of hydrogen-bond donors (Lipinski definition) is 1. The lowest BCUT2D eigenvalue weighted by atomic mass is 10.2. The number of nitrogens with zero attached hydrogens (tertiary/aromatic N) is 3. The number of carbonyl (C=O) groups is 1. The van der Waals surface area contributed by atoms with Crippen molar-refractivity contribution in [1.29, 1.82) is 0 Å². The van der Waals surface area contributed by atoms with E-state index in [1.165, 1.54) is 11.3 Å². The number of carbonyl (C=O) groups excluding carboxylic acids is 1. The zero-order chi connectivity index (χ0) is 16.9. The highest BCUT2D eigenvalue weighted by molar-refractivity contribution is 5.92. The summed E-state index contributed by atoms with van der Waals surface area (Å²) in [6.45, 7) is 2.52. The molecule has 0 aliphatic carbocycles. The predicted octanol–water partition coefficient (Wildman–Crippen LogP) is 2.46. The summed E-state index contributed by atoms with van der Waals surface area (Å²) in [5.74, 6) is 0.726. The van der Waals surface area contributed by atoms with Crippen LogP contribution in [0.15, 0.2) is 42.5 Å². The van der Waals surface area contributed by atoms with Gasteiger partial charge in [-0.25, -0.2) is 4.98 Å². The molecule has 0 unspecified atom stereocenters. The Hall–Kier alpha value is -2.40. The Labute approximate surface area is 143 Å². The second-order valence-corrected chi connectivity index (χ2v) is 6.32. The van der Waals surface area contributed by atoms with Crippen molar-refractivity contribution in [2.24, 2.45) is 0 Å². The smallest absolute Gasteiger partial charge is 0.269 e. The van der Waals surface area contributed by atoms with Crippen LogP contribution in [0, 0.1) is 0 Å². The van der Waals surface area contributed by atoms with Gasteiger partial charge in [-0.1, -0.05) is 24.3 Å². The highest BCUT2D eigenvalue weighted by Gasteiger charge is 2.21. The second kappa shape index (κ2) is 7.45. The molecule has 0 spiro atoms. The maximum Gasteiger partial charge on any atom is 0.269 e. The first-order valence-electron chi connectivity index (χ1n) is 8.40. The molecule has 0 atom stereocenters. The van der Waals surface area contributed by atoms with E-state index in [0.717, 1.165) is 31.7 Å². The van der Waals surface area contributed by atoms with Crippen molar-refractivity contribution in [3.05, 3.63) is 53.7 Å². The van der Waals surface area contributed by atoms with Crippen LogP contribution in [-0.2, 0) is 6.42 Å². The van der Waals surface area contributed by atoms with E-state index in [1.54, 1.807) is 6.07 Å². The Morgan fingerprint density at radius 1 is 1.21 bits per heavy atom. The van der Waals surface area contributed by atoms with E-state index >= 15 is 0 Å². The van der Waals surface area contributed by atoms with Crippen LogP contribution in [0.2, 0.25) is 0 Å². The van der Waals surface area contributed by atoms with Crippen LogP contribution in [0.25, 0.3) is 0 Å². The van der Waals surface area contributed by atoms with Crippen molar-refractivity contribution in [3.63, 3.8) is 0 Å². The average molecular weight is 324 g/mol. The molecule has 0 fully saturated rings. The lowest BCUT2D eigenvalue weighted by molar-refractivity contribution is 0.0947. The molecular formula is C19H24N4O. The van der Waals surface area contributed by atoms with Gasteiger partial charge in [-0.15, -0.1) is 0 Å². The molecule has 1 aliphatic rings. The van der Waals surface area contributed by atoms with Crippen LogP contribution in [0.4, 0.5) is 11.5 Å². The van der Waals surface area contributed by atoms with E-state index in [4.69, 9.17) is 0 Å². The number of benzene rings is 1. The van der Waals surface area contributed by atoms with Crippen molar-refractivity contribution in [1.82, 2.24) is 15.2 Å². The van der Waals surface area contributed by atoms with Gasteiger partial charge in [0.1, 0.15) is 11.5 Å². The molecule has 0 bridgehead atoms. The third-order valence-corrected chi connectivity index (χ3v) is 4.20. The molecule has 126 valence electrons. The Morgan fingerprint density at radius 3 is 2.88 bits per heavy atom. The van der Waals surface area contributed by atoms with Crippen LogP contribution < -0.4 is 10.2 Å². The van der Waals surface area contributed by atoms with Gasteiger partial charge in [0, 0.05) is 18.8 Å². The van der Waals surface area contributed by atoms with Crippen molar-refractivity contribution in [3.8, 4) is 0 Å². The number of aromatic nitrogens is 1. The molecule has 1 aromatic carbocycles. The Kier molecular flexibility index (Phi) is 5.11. The van der Waals surface area contributed by atoms with Crippen LogP contribution >= 0.6 is 0 Å². The monoisotopic (exact) mass is 324 g/mol. The van der Waals surface area contributed by atoms with Gasteiger partial charge in [0.25, 0.3) is 5.91 Å². The topological polar surface area (TPSA) is 48.5 Å². The summed E-state index contributed by atoms with van der Waals surface area (Å²) in [4.78, 5) is 21.2. The van der Waals surface area contributed by atoms with Gasteiger partial charge in [-0.3, -0.25) is 4.79 Å². The Morgan fingerprint density at radius 2 is 2.04 bits per heavy atom. The number of para-hydroxylation sites is 1. The van der Waals surface area contributed by atoms with E-state index in [2.05, 4.69) is 38.3 Å². The summed E-state index contributed by atoms with van der Waals surface area (Å²) < 4.78 is 0. The fourth-order valence-corrected chi connectivity index (χ4v) is 2.96. The molecule has 1 amide bonds. The van der Waals surface area contributed by atoms with Gasteiger partial charge in [-0.05, 0) is 57.2 Å². The number of hydrogen-bond acceptors (Lipinski definition) is 4. The van der Waals surface area contributed by atoms with E-state index in [9.17, 15) is 4.79 Å². The molecule has 3 rings (SSSR count). The Bertz CT molecular complexity index is 714.